The summed E-state index contributed by atoms with van der Waals surface area (Å²) in [5, 5.41) is 0. The molecule has 0 saturated carbocycles. The van der Waals surface area contributed by atoms with Gasteiger partial charge in [0.2, 0.25) is 0 Å². The number of allylic oxidation sites excluding steroid dienone is 2. The first-order valence-electron chi connectivity index (χ1n) is 4.18. The first kappa shape index (κ1) is 8.72. The fourth-order valence-electron chi connectivity index (χ4n) is 1.36. The third-order valence-electron chi connectivity index (χ3n) is 2.27. The van der Waals surface area contributed by atoms with E-state index in [4.69, 9.17) is 0 Å². The van der Waals surface area contributed by atoms with Gasteiger partial charge in [-0.15, -0.1) is 0 Å². The number of hydrogen-bond donors (Lipinski definition) is 0. The van der Waals surface area contributed by atoms with Crippen molar-refractivity contribution >= 4 is 13.9 Å². The minimum absolute atomic E-state index is 0.417. The van der Waals surface area contributed by atoms with Gasteiger partial charge in [-0.3, -0.25) is 4.79 Å². The van der Waals surface area contributed by atoms with Crippen molar-refractivity contribution in [2.75, 3.05) is 0 Å². The molecule has 0 unspecified atom stereocenters. The van der Waals surface area contributed by atoms with Crippen LogP contribution in [-0.2, 0) is 4.79 Å². The van der Waals surface area contributed by atoms with Crippen LogP contribution in [0.1, 0.15) is 12.8 Å². The zero-order valence-electron chi connectivity index (χ0n) is 7.55. The van der Waals surface area contributed by atoms with E-state index in [2.05, 4.69) is 25.7 Å². The molecular weight excluding hydrogens is 152 g/mol. The molecule has 1 aliphatic carbocycles. The Bertz CT molecular complexity index is 188. The summed E-state index contributed by atoms with van der Waals surface area (Å²) >= 11 is 0. The van der Waals surface area contributed by atoms with Crippen molar-refractivity contribution in [2.45, 2.75) is 38.0 Å². The van der Waals surface area contributed by atoms with E-state index in [1.165, 1.54) is 0 Å². The monoisotopic (exact) mass is 168 g/mol. The van der Waals surface area contributed by atoms with Crippen LogP contribution in [0.3, 0.4) is 0 Å². The lowest BCUT2D eigenvalue weighted by molar-refractivity contribution is -0.118. The van der Waals surface area contributed by atoms with E-state index in [-0.39, 0.29) is 0 Å². The number of ketones is 1. The summed E-state index contributed by atoms with van der Waals surface area (Å²) in [6.45, 7) is 6.96. The minimum Gasteiger partial charge on any atom is -0.299 e. The quantitative estimate of drug-likeness (QED) is 0.434. The first-order valence-corrected chi connectivity index (χ1v) is 7.76. The Morgan fingerprint density at radius 1 is 1.45 bits per heavy atom. The van der Waals surface area contributed by atoms with Gasteiger partial charge in [-0.1, -0.05) is 31.8 Å². The van der Waals surface area contributed by atoms with Gasteiger partial charge in [0.25, 0.3) is 0 Å². The molecule has 0 aliphatic heterocycles. The Hall–Kier alpha value is -0.373. The van der Waals surface area contributed by atoms with E-state index in [1.54, 1.807) is 0 Å². The Morgan fingerprint density at radius 3 is 2.45 bits per heavy atom. The standard InChI is InChI=1S/C9H16OSi/c1-11(2,3)9-6-4-5-8(10)7-9/h4,6,9H,5,7H2,1-3H3/t9-/m0/s1. The lowest BCUT2D eigenvalue weighted by atomic mass is 10.1. The van der Waals surface area contributed by atoms with Crippen molar-refractivity contribution in [1.29, 1.82) is 0 Å². The van der Waals surface area contributed by atoms with Crippen molar-refractivity contribution < 1.29 is 4.79 Å². The first-order chi connectivity index (χ1) is 5.00. The highest BCUT2D eigenvalue weighted by Gasteiger charge is 2.27. The summed E-state index contributed by atoms with van der Waals surface area (Å²) in [4.78, 5) is 11.1. The molecule has 0 spiro atoms. The molecule has 0 aromatic heterocycles. The van der Waals surface area contributed by atoms with Gasteiger partial charge < -0.3 is 0 Å². The van der Waals surface area contributed by atoms with Crippen LogP contribution in [0.2, 0.25) is 25.2 Å². The van der Waals surface area contributed by atoms with Crippen LogP contribution in [-0.4, -0.2) is 13.9 Å². The molecule has 0 aromatic rings. The molecule has 0 fully saturated rings. The van der Waals surface area contributed by atoms with E-state index in [1.807, 2.05) is 6.08 Å². The Balaban J connectivity index is 2.68. The molecule has 0 saturated heterocycles. The largest absolute Gasteiger partial charge is 0.299 e. The fraction of sp³-hybridized carbons (Fsp3) is 0.667. The van der Waals surface area contributed by atoms with Crippen molar-refractivity contribution in [3.63, 3.8) is 0 Å². The number of hydrogen-bond acceptors (Lipinski definition) is 1. The summed E-state index contributed by atoms with van der Waals surface area (Å²) in [5.41, 5.74) is 0.587. The lowest BCUT2D eigenvalue weighted by Gasteiger charge is -2.27. The van der Waals surface area contributed by atoms with Crippen molar-refractivity contribution in [1.82, 2.24) is 0 Å². The Labute approximate surface area is 69.5 Å². The summed E-state index contributed by atoms with van der Waals surface area (Å²) in [6, 6.07) is 0. The number of carbonyl (C=O) groups excluding carboxylic acids is 1. The van der Waals surface area contributed by atoms with Crippen LogP contribution in [0.4, 0.5) is 0 Å². The van der Waals surface area contributed by atoms with E-state index >= 15 is 0 Å². The van der Waals surface area contributed by atoms with Gasteiger partial charge in [0.1, 0.15) is 5.78 Å². The molecule has 0 amide bonds. The van der Waals surface area contributed by atoms with Crippen LogP contribution in [0.25, 0.3) is 0 Å². The molecule has 0 aromatic carbocycles. The zero-order valence-corrected chi connectivity index (χ0v) is 8.55. The maximum Gasteiger partial charge on any atom is 0.136 e. The van der Waals surface area contributed by atoms with Gasteiger partial charge in [0.15, 0.2) is 0 Å². The Kier molecular flexibility index (Phi) is 2.33. The van der Waals surface area contributed by atoms with Gasteiger partial charge in [-0.25, -0.2) is 0 Å². The third-order valence-corrected chi connectivity index (χ3v) is 4.90. The molecule has 0 N–H and O–H groups in total. The predicted octanol–water partition coefficient (Wildman–Crippen LogP) is 2.61. The average molecular weight is 168 g/mol. The number of Topliss-reactive ketones (excluding diaryl/α,β-unsaturated/α-hetero) is 1. The van der Waals surface area contributed by atoms with Crippen LogP contribution in [0.15, 0.2) is 12.2 Å². The van der Waals surface area contributed by atoms with E-state index in [0.29, 0.717) is 17.7 Å². The number of rotatable bonds is 1. The van der Waals surface area contributed by atoms with Gasteiger partial charge in [0.05, 0.1) is 8.07 Å². The molecule has 1 rings (SSSR count). The SMILES string of the molecule is C[Si](C)(C)[C@H]1C=CCC(=O)C1. The zero-order chi connectivity index (χ0) is 8.48. The second kappa shape index (κ2) is 2.93. The van der Waals surface area contributed by atoms with Crippen LogP contribution in [0.5, 0.6) is 0 Å². The molecule has 1 aliphatic rings. The maximum atomic E-state index is 11.1. The summed E-state index contributed by atoms with van der Waals surface area (Å²) in [6.07, 6.45) is 5.75. The average Bonchev–Trinajstić information content (AvgIpc) is 1.86. The molecule has 11 heavy (non-hydrogen) atoms. The molecule has 0 heterocycles. The summed E-state index contributed by atoms with van der Waals surface area (Å²) in [7, 11) is -1.11. The lowest BCUT2D eigenvalue weighted by Crippen LogP contribution is -2.29. The van der Waals surface area contributed by atoms with E-state index < -0.39 is 8.07 Å². The summed E-state index contributed by atoms with van der Waals surface area (Å²) in [5.74, 6) is 0.417. The molecular formula is C9H16OSi. The van der Waals surface area contributed by atoms with Crippen LogP contribution >= 0.6 is 0 Å². The third kappa shape index (κ3) is 2.29. The van der Waals surface area contributed by atoms with Crippen molar-refractivity contribution in [3.8, 4) is 0 Å². The molecule has 1 atom stereocenters. The van der Waals surface area contributed by atoms with Gasteiger partial charge in [-0.2, -0.15) is 0 Å². The molecule has 1 nitrogen and oxygen atoms in total. The molecule has 0 radical (unpaired) electrons. The molecule has 2 heteroatoms. The van der Waals surface area contributed by atoms with Crippen molar-refractivity contribution in [3.05, 3.63) is 12.2 Å². The minimum atomic E-state index is -1.11. The van der Waals surface area contributed by atoms with E-state index in [9.17, 15) is 4.79 Å². The molecule has 0 bridgehead atoms. The Morgan fingerprint density at radius 2 is 2.09 bits per heavy atom. The second-order valence-corrected chi connectivity index (χ2v) is 9.82. The fourth-order valence-corrected chi connectivity index (χ4v) is 2.91. The molecule has 62 valence electrons. The number of carbonyl (C=O) groups is 1. The van der Waals surface area contributed by atoms with Crippen molar-refractivity contribution in [2.24, 2.45) is 0 Å². The highest BCUT2D eigenvalue weighted by atomic mass is 28.3. The second-order valence-electron chi connectivity index (χ2n) is 4.35. The van der Waals surface area contributed by atoms with Gasteiger partial charge in [-0.05, 0) is 5.54 Å². The van der Waals surface area contributed by atoms with Gasteiger partial charge in [0, 0.05) is 12.8 Å². The maximum absolute atomic E-state index is 11.1. The highest BCUT2D eigenvalue weighted by molar-refractivity contribution is 6.78. The van der Waals surface area contributed by atoms with Crippen LogP contribution < -0.4 is 0 Å². The smallest absolute Gasteiger partial charge is 0.136 e. The highest BCUT2D eigenvalue weighted by Crippen LogP contribution is 2.30. The topological polar surface area (TPSA) is 17.1 Å². The predicted molar refractivity (Wildman–Crippen MR) is 50.5 cm³/mol. The van der Waals surface area contributed by atoms with Crippen LogP contribution in [0, 0.1) is 0 Å². The normalized spacial score (nSPS) is 25.7. The van der Waals surface area contributed by atoms with E-state index in [0.717, 1.165) is 6.42 Å². The summed E-state index contributed by atoms with van der Waals surface area (Å²) < 4.78 is 0. The van der Waals surface area contributed by atoms with Gasteiger partial charge >= 0.3 is 0 Å².